The number of ether oxygens (including phenoxy) is 1. The topological polar surface area (TPSA) is 41.6 Å². The van der Waals surface area contributed by atoms with Crippen LogP contribution in [-0.4, -0.2) is 38.8 Å². The average Bonchev–Trinajstić information content (AvgIpc) is 2.67. The van der Waals surface area contributed by atoms with Gasteiger partial charge in [-0.05, 0) is 36.2 Å². The van der Waals surface area contributed by atoms with Gasteiger partial charge >= 0.3 is 0 Å². The van der Waals surface area contributed by atoms with Crippen molar-refractivity contribution >= 4 is 11.6 Å². The third-order valence-electron chi connectivity index (χ3n) is 4.29. The van der Waals surface area contributed by atoms with Crippen LogP contribution >= 0.6 is 0 Å². The molecule has 0 spiro atoms. The van der Waals surface area contributed by atoms with Gasteiger partial charge in [0, 0.05) is 25.3 Å². The maximum absolute atomic E-state index is 13.6. The van der Waals surface area contributed by atoms with Crippen molar-refractivity contribution in [3.63, 3.8) is 0 Å². The molecule has 1 saturated heterocycles. The van der Waals surface area contributed by atoms with Crippen LogP contribution in [0.1, 0.15) is 15.9 Å². The third kappa shape index (κ3) is 4.16. The van der Waals surface area contributed by atoms with Crippen molar-refractivity contribution in [1.82, 2.24) is 5.32 Å². The first-order chi connectivity index (χ1) is 12.6. The minimum atomic E-state index is -1.64. The van der Waals surface area contributed by atoms with Crippen LogP contribution in [0.25, 0.3) is 0 Å². The summed E-state index contributed by atoms with van der Waals surface area (Å²) >= 11 is 0. The van der Waals surface area contributed by atoms with Gasteiger partial charge in [-0.2, -0.15) is 0 Å². The zero-order valence-electron chi connectivity index (χ0n) is 14.1. The van der Waals surface area contributed by atoms with E-state index in [9.17, 15) is 18.0 Å². The van der Waals surface area contributed by atoms with Crippen molar-refractivity contribution in [2.45, 2.75) is 6.42 Å². The zero-order valence-corrected chi connectivity index (χ0v) is 14.1. The molecule has 0 bridgehead atoms. The molecule has 7 heteroatoms. The molecule has 0 aliphatic carbocycles. The molecule has 3 rings (SSSR count). The second kappa shape index (κ2) is 8.23. The van der Waals surface area contributed by atoms with Gasteiger partial charge < -0.3 is 15.0 Å². The van der Waals surface area contributed by atoms with Crippen LogP contribution in [0.3, 0.4) is 0 Å². The molecule has 0 radical (unpaired) electrons. The number of morpholine rings is 1. The molecule has 0 saturated carbocycles. The number of nitrogens with one attached hydrogen (secondary N) is 1. The molecule has 1 N–H and O–H groups in total. The fourth-order valence-corrected chi connectivity index (χ4v) is 2.81. The molecule has 2 aromatic carbocycles. The molecule has 1 fully saturated rings. The fraction of sp³-hybridized carbons (Fsp3) is 0.316. The highest BCUT2D eigenvalue weighted by molar-refractivity contribution is 5.94. The molecule has 138 valence electrons. The Morgan fingerprint density at radius 1 is 1.00 bits per heavy atom. The molecule has 2 aromatic rings. The van der Waals surface area contributed by atoms with Crippen molar-refractivity contribution in [3.8, 4) is 0 Å². The molecule has 4 nitrogen and oxygen atoms in total. The van der Waals surface area contributed by atoms with Crippen LogP contribution in [0.2, 0.25) is 0 Å². The first-order valence-electron chi connectivity index (χ1n) is 8.39. The SMILES string of the molecule is O=C(NCCc1ccc(N2CCOCC2)cc1)c1ccc(F)c(F)c1F. The van der Waals surface area contributed by atoms with Gasteiger partial charge in [-0.15, -0.1) is 0 Å². The summed E-state index contributed by atoms with van der Waals surface area (Å²) in [6.45, 7) is 3.40. The first-order valence-corrected chi connectivity index (χ1v) is 8.39. The average molecular weight is 364 g/mol. The van der Waals surface area contributed by atoms with E-state index in [1.807, 2.05) is 24.3 Å². The summed E-state index contributed by atoms with van der Waals surface area (Å²) in [5.41, 5.74) is 1.62. The number of hydrogen-bond acceptors (Lipinski definition) is 3. The number of hydrogen-bond donors (Lipinski definition) is 1. The standard InChI is InChI=1S/C19H19F3N2O2/c20-16-6-5-15(17(21)18(16)22)19(25)23-8-7-13-1-3-14(4-2-13)24-9-11-26-12-10-24/h1-6H,7-12H2,(H,23,25). The number of halogens is 3. The Bertz CT molecular complexity index is 775. The van der Waals surface area contributed by atoms with Crippen LogP contribution in [0.15, 0.2) is 36.4 Å². The summed E-state index contributed by atoms with van der Waals surface area (Å²) in [5, 5.41) is 2.52. The lowest BCUT2D eigenvalue weighted by Gasteiger charge is -2.28. The molecule has 26 heavy (non-hydrogen) atoms. The van der Waals surface area contributed by atoms with E-state index in [1.165, 1.54) is 0 Å². The largest absolute Gasteiger partial charge is 0.378 e. The summed E-state index contributed by atoms with van der Waals surface area (Å²) in [4.78, 5) is 14.2. The van der Waals surface area contributed by atoms with Crippen molar-refractivity contribution in [2.24, 2.45) is 0 Å². The Hall–Kier alpha value is -2.54. The van der Waals surface area contributed by atoms with Gasteiger partial charge in [0.25, 0.3) is 5.91 Å². The normalized spacial score (nSPS) is 14.3. The minimum absolute atomic E-state index is 0.258. The van der Waals surface area contributed by atoms with Crippen LogP contribution in [0, 0.1) is 17.5 Å². The lowest BCUT2D eigenvalue weighted by atomic mass is 10.1. The summed E-state index contributed by atoms with van der Waals surface area (Å²) in [5.74, 6) is -5.21. The van der Waals surface area contributed by atoms with E-state index in [0.717, 1.165) is 36.5 Å². The van der Waals surface area contributed by atoms with Gasteiger partial charge in [0.2, 0.25) is 0 Å². The van der Waals surface area contributed by atoms with Crippen molar-refractivity contribution < 1.29 is 22.7 Å². The Balaban J connectivity index is 1.53. The Kier molecular flexibility index (Phi) is 5.78. The predicted octanol–water partition coefficient (Wildman–Crippen LogP) is 2.91. The number of carbonyl (C=O) groups is 1. The lowest BCUT2D eigenvalue weighted by Crippen LogP contribution is -2.36. The highest BCUT2D eigenvalue weighted by Crippen LogP contribution is 2.17. The molecule has 0 atom stereocenters. The molecule has 1 amide bonds. The zero-order chi connectivity index (χ0) is 18.5. The van der Waals surface area contributed by atoms with Crippen molar-refractivity contribution in [3.05, 3.63) is 65.0 Å². The highest BCUT2D eigenvalue weighted by atomic mass is 19.2. The fourth-order valence-electron chi connectivity index (χ4n) is 2.81. The number of nitrogens with zero attached hydrogens (tertiary/aromatic N) is 1. The Labute approximate surface area is 149 Å². The van der Waals surface area contributed by atoms with Crippen LogP contribution in [0.5, 0.6) is 0 Å². The molecular weight excluding hydrogens is 345 g/mol. The van der Waals surface area contributed by atoms with E-state index >= 15 is 0 Å². The molecule has 0 aromatic heterocycles. The van der Waals surface area contributed by atoms with Crippen LogP contribution < -0.4 is 10.2 Å². The highest BCUT2D eigenvalue weighted by Gasteiger charge is 2.18. The summed E-state index contributed by atoms with van der Waals surface area (Å²) in [6, 6.07) is 9.62. The van der Waals surface area contributed by atoms with Crippen molar-refractivity contribution in [1.29, 1.82) is 0 Å². The van der Waals surface area contributed by atoms with E-state index in [1.54, 1.807) is 0 Å². The number of anilines is 1. The molecular formula is C19H19F3N2O2. The minimum Gasteiger partial charge on any atom is -0.378 e. The first kappa shape index (κ1) is 18.3. The van der Waals surface area contributed by atoms with Crippen LogP contribution in [-0.2, 0) is 11.2 Å². The molecule has 1 aliphatic heterocycles. The molecule has 0 unspecified atom stereocenters. The van der Waals surface area contributed by atoms with E-state index in [4.69, 9.17) is 4.74 Å². The van der Waals surface area contributed by atoms with Gasteiger partial charge in [0.15, 0.2) is 17.5 Å². The Morgan fingerprint density at radius 3 is 2.38 bits per heavy atom. The monoisotopic (exact) mass is 364 g/mol. The number of amides is 1. The smallest absolute Gasteiger partial charge is 0.254 e. The number of rotatable bonds is 5. The van der Waals surface area contributed by atoms with Gasteiger partial charge in [0.05, 0.1) is 18.8 Å². The van der Waals surface area contributed by atoms with E-state index < -0.39 is 28.9 Å². The molecule has 1 aliphatic rings. The van der Waals surface area contributed by atoms with E-state index in [-0.39, 0.29) is 6.54 Å². The van der Waals surface area contributed by atoms with E-state index in [2.05, 4.69) is 10.2 Å². The van der Waals surface area contributed by atoms with Crippen LogP contribution in [0.4, 0.5) is 18.9 Å². The van der Waals surface area contributed by atoms with Gasteiger partial charge in [-0.1, -0.05) is 12.1 Å². The molecule has 1 heterocycles. The maximum atomic E-state index is 13.6. The van der Waals surface area contributed by atoms with Gasteiger partial charge in [0.1, 0.15) is 0 Å². The second-order valence-electron chi connectivity index (χ2n) is 5.99. The van der Waals surface area contributed by atoms with Gasteiger partial charge in [-0.3, -0.25) is 4.79 Å². The maximum Gasteiger partial charge on any atom is 0.254 e. The predicted molar refractivity (Wildman–Crippen MR) is 91.8 cm³/mol. The van der Waals surface area contributed by atoms with Crippen molar-refractivity contribution in [2.75, 3.05) is 37.7 Å². The second-order valence-corrected chi connectivity index (χ2v) is 5.99. The number of carbonyl (C=O) groups excluding carboxylic acids is 1. The number of benzene rings is 2. The summed E-state index contributed by atoms with van der Waals surface area (Å²) in [7, 11) is 0. The summed E-state index contributed by atoms with van der Waals surface area (Å²) < 4.78 is 45.0. The third-order valence-corrected chi connectivity index (χ3v) is 4.29. The lowest BCUT2D eigenvalue weighted by molar-refractivity contribution is 0.0949. The van der Waals surface area contributed by atoms with Gasteiger partial charge in [-0.25, -0.2) is 13.2 Å². The summed E-state index contributed by atoms with van der Waals surface area (Å²) in [6.07, 6.45) is 0.542. The Morgan fingerprint density at radius 2 is 1.69 bits per heavy atom. The van der Waals surface area contributed by atoms with E-state index in [0.29, 0.717) is 19.6 Å². The quantitative estimate of drug-likeness (QED) is 0.830.